The second-order valence-electron chi connectivity index (χ2n) is 2.87. The summed E-state index contributed by atoms with van der Waals surface area (Å²) in [5.74, 6) is 0.547. The minimum atomic E-state index is 0.481. The molecule has 3 nitrogen and oxygen atoms in total. The molecule has 0 N–H and O–H groups in total. The van der Waals surface area contributed by atoms with Crippen molar-refractivity contribution in [2.75, 3.05) is 13.1 Å². The van der Waals surface area contributed by atoms with Crippen LogP contribution in [0.2, 0.25) is 0 Å². The molecule has 1 saturated heterocycles. The molecule has 12 heavy (non-hydrogen) atoms. The predicted octanol–water partition coefficient (Wildman–Crippen LogP) is 0.655. The normalized spacial score (nSPS) is 16.6. The van der Waals surface area contributed by atoms with Crippen LogP contribution >= 0.6 is 0 Å². The number of hydrogen-bond donors (Lipinski definition) is 0. The van der Waals surface area contributed by atoms with Gasteiger partial charge in [0.05, 0.1) is 0 Å². The Labute approximate surface area is 71.0 Å². The zero-order chi connectivity index (χ0) is 8.39. The summed E-state index contributed by atoms with van der Waals surface area (Å²) in [5.41, 5.74) is 1.68. The summed E-state index contributed by atoms with van der Waals surface area (Å²) in [6, 6.07) is 5.72. The van der Waals surface area contributed by atoms with E-state index in [4.69, 9.17) is 5.26 Å². The van der Waals surface area contributed by atoms with Gasteiger partial charge >= 0.3 is 0 Å². The molecule has 0 amide bonds. The lowest BCUT2D eigenvalue weighted by Crippen LogP contribution is -2.33. The van der Waals surface area contributed by atoms with E-state index >= 15 is 0 Å². The molecule has 0 aliphatic carbocycles. The van der Waals surface area contributed by atoms with Crippen molar-refractivity contribution in [2.45, 2.75) is 5.92 Å². The number of rotatable bonds is 1. The molecule has 1 aliphatic heterocycles. The van der Waals surface area contributed by atoms with Crippen molar-refractivity contribution in [3.05, 3.63) is 29.6 Å². The first-order valence-electron chi connectivity index (χ1n) is 3.89. The van der Waals surface area contributed by atoms with Gasteiger partial charge in [0.1, 0.15) is 11.8 Å². The van der Waals surface area contributed by atoms with Crippen molar-refractivity contribution in [1.82, 2.24) is 10.3 Å². The van der Waals surface area contributed by atoms with Crippen molar-refractivity contribution in [1.29, 1.82) is 5.26 Å². The van der Waals surface area contributed by atoms with Gasteiger partial charge in [-0.2, -0.15) is 5.26 Å². The second kappa shape index (κ2) is 2.92. The topological polar surface area (TPSA) is 50.8 Å². The van der Waals surface area contributed by atoms with Gasteiger partial charge in [0.25, 0.3) is 0 Å². The van der Waals surface area contributed by atoms with Gasteiger partial charge in [-0.05, 0) is 11.6 Å². The summed E-state index contributed by atoms with van der Waals surface area (Å²) in [5, 5.41) is 12.6. The average Bonchev–Trinajstić information content (AvgIpc) is 2.03. The van der Waals surface area contributed by atoms with Crippen molar-refractivity contribution < 1.29 is 0 Å². The number of aromatic nitrogens is 1. The van der Waals surface area contributed by atoms with E-state index in [0.717, 1.165) is 13.1 Å². The third-order valence-corrected chi connectivity index (χ3v) is 2.07. The molecule has 1 fully saturated rings. The maximum atomic E-state index is 8.51. The minimum Gasteiger partial charge on any atom is -0.245 e. The zero-order valence-electron chi connectivity index (χ0n) is 6.57. The van der Waals surface area contributed by atoms with Crippen LogP contribution in [0.25, 0.3) is 0 Å². The maximum absolute atomic E-state index is 8.51. The number of nitriles is 1. The Hall–Kier alpha value is -1.40. The molecule has 1 aromatic rings. The monoisotopic (exact) mass is 158 g/mol. The van der Waals surface area contributed by atoms with E-state index in [1.165, 1.54) is 5.56 Å². The van der Waals surface area contributed by atoms with Crippen molar-refractivity contribution >= 4 is 0 Å². The predicted molar refractivity (Wildman–Crippen MR) is 43.6 cm³/mol. The molecule has 1 radical (unpaired) electrons. The molecule has 0 bridgehead atoms. The van der Waals surface area contributed by atoms with E-state index in [0.29, 0.717) is 11.6 Å². The fraction of sp³-hybridized carbons (Fsp3) is 0.333. The molecule has 0 atom stereocenters. The lowest BCUT2D eigenvalue weighted by molar-refractivity contribution is 0.436. The Kier molecular flexibility index (Phi) is 1.77. The van der Waals surface area contributed by atoms with E-state index < -0.39 is 0 Å². The number of hydrogen-bond acceptors (Lipinski definition) is 2. The Bertz CT molecular complexity index is 306. The highest BCUT2D eigenvalue weighted by atomic mass is 14.9. The number of nitrogens with zero attached hydrogens (tertiary/aromatic N) is 3. The maximum Gasteiger partial charge on any atom is 0.140 e. The van der Waals surface area contributed by atoms with Gasteiger partial charge < -0.3 is 0 Å². The summed E-state index contributed by atoms with van der Waals surface area (Å²) < 4.78 is 0. The summed E-state index contributed by atoms with van der Waals surface area (Å²) in [6.07, 6.45) is 1.78. The van der Waals surface area contributed by atoms with Gasteiger partial charge in [-0.3, -0.25) is 0 Å². The molecule has 1 aromatic heterocycles. The fourth-order valence-electron chi connectivity index (χ4n) is 1.18. The molecule has 59 valence electrons. The Morgan fingerprint density at radius 1 is 1.42 bits per heavy atom. The number of pyridine rings is 1. The highest BCUT2D eigenvalue weighted by Gasteiger charge is 2.19. The van der Waals surface area contributed by atoms with Gasteiger partial charge in [0.2, 0.25) is 0 Å². The van der Waals surface area contributed by atoms with Crippen LogP contribution in [0, 0.1) is 11.3 Å². The standard InChI is InChI=1S/C9H8N3/c10-3-9-2-1-7(6-12-9)8-4-11-5-8/h1-2,6,8H,4-5H2. The highest BCUT2D eigenvalue weighted by Crippen LogP contribution is 2.19. The Morgan fingerprint density at radius 2 is 2.25 bits per heavy atom. The first-order valence-corrected chi connectivity index (χ1v) is 3.89. The van der Waals surface area contributed by atoms with Crippen molar-refractivity contribution in [3.8, 4) is 6.07 Å². The van der Waals surface area contributed by atoms with Crippen molar-refractivity contribution in [3.63, 3.8) is 0 Å². The average molecular weight is 158 g/mol. The summed E-state index contributed by atoms with van der Waals surface area (Å²) in [4.78, 5) is 4.00. The molecule has 0 unspecified atom stereocenters. The lowest BCUT2D eigenvalue weighted by atomic mass is 9.95. The molecular formula is C9H8N3. The van der Waals surface area contributed by atoms with Crippen LogP contribution in [0.4, 0.5) is 0 Å². The molecule has 3 heteroatoms. The summed E-state index contributed by atoms with van der Waals surface area (Å²) >= 11 is 0. The highest BCUT2D eigenvalue weighted by molar-refractivity contribution is 5.26. The van der Waals surface area contributed by atoms with Crippen LogP contribution in [0.15, 0.2) is 18.3 Å². The lowest BCUT2D eigenvalue weighted by Gasteiger charge is -2.24. The van der Waals surface area contributed by atoms with Gasteiger partial charge in [0.15, 0.2) is 0 Å². The van der Waals surface area contributed by atoms with Crippen LogP contribution in [0.5, 0.6) is 0 Å². The molecule has 0 saturated carbocycles. The second-order valence-corrected chi connectivity index (χ2v) is 2.87. The minimum absolute atomic E-state index is 0.481. The molecule has 2 rings (SSSR count). The third kappa shape index (κ3) is 1.17. The first kappa shape index (κ1) is 7.26. The Morgan fingerprint density at radius 3 is 2.67 bits per heavy atom. The SMILES string of the molecule is N#Cc1ccc(C2C[N]C2)cn1. The molecule has 0 spiro atoms. The van der Waals surface area contributed by atoms with Crippen LogP contribution in [0.3, 0.4) is 0 Å². The Balaban J connectivity index is 2.19. The quantitative estimate of drug-likeness (QED) is 0.602. The van der Waals surface area contributed by atoms with E-state index in [-0.39, 0.29) is 0 Å². The van der Waals surface area contributed by atoms with Crippen LogP contribution < -0.4 is 5.32 Å². The van der Waals surface area contributed by atoms with E-state index in [9.17, 15) is 0 Å². The van der Waals surface area contributed by atoms with Crippen LogP contribution in [-0.4, -0.2) is 18.1 Å². The summed E-state index contributed by atoms with van der Waals surface area (Å²) in [6.45, 7) is 1.82. The van der Waals surface area contributed by atoms with Crippen molar-refractivity contribution in [2.24, 2.45) is 0 Å². The van der Waals surface area contributed by atoms with Gasteiger partial charge in [0, 0.05) is 25.2 Å². The first-order chi connectivity index (χ1) is 5.90. The molecule has 1 aliphatic rings. The van der Waals surface area contributed by atoms with Gasteiger partial charge in [-0.1, -0.05) is 6.07 Å². The zero-order valence-corrected chi connectivity index (χ0v) is 6.57. The van der Waals surface area contributed by atoms with Gasteiger partial charge in [-0.25, -0.2) is 10.3 Å². The third-order valence-electron chi connectivity index (χ3n) is 2.07. The fourth-order valence-corrected chi connectivity index (χ4v) is 1.18. The molecule has 0 aromatic carbocycles. The molecule has 2 heterocycles. The van der Waals surface area contributed by atoms with E-state index in [2.05, 4.69) is 10.3 Å². The van der Waals surface area contributed by atoms with Crippen LogP contribution in [0.1, 0.15) is 17.2 Å². The smallest absolute Gasteiger partial charge is 0.140 e. The molecular weight excluding hydrogens is 150 g/mol. The van der Waals surface area contributed by atoms with Gasteiger partial charge in [-0.15, -0.1) is 0 Å². The summed E-state index contributed by atoms with van der Waals surface area (Å²) in [7, 11) is 0. The van der Waals surface area contributed by atoms with Crippen LogP contribution in [-0.2, 0) is 0 Å². The van der Waals surface area contributed by atoms with E-state index in [1.54, 1.807) is 12.3 Å². The van der Waals surface area contributed by atoms with E-state index in [1.807, 2.05) is 12.1 Å². The largest absolute Gasteiger partial charge is 0.245 e.